The molecule has 0 amide bonds. The largest absolute Gasteiger partial charge is 1.00 e. The standard InChI is InChI=1S/C20H44NO2.ClH/c1-3-5-7-8-9-10-11-12-13-14-16-21(17-19-22,18-20-23)15-6-4-2;/h22-23H,3-20H2,1-2H3;1H/q+1;/p-1. The molecule has 0 unspecified atom stereocenters. The summed E-state index contributed by atoms with van der Waals surface area (Å²) in [6, 6.07) is 0. The monoisotopic (exact) mass is 365 g/mol. The van der Waals surface area contributed by atoms with Gasteiger partial charge in [-0.05, 0) is 19.3 Å². The number of nitrogens with zero attached hydrogens (tertiary/aromatic N) is 1. The Labute approximate surface area is 157 Å². The van der Waals surface area contributed by atoms with Crippen molar-refractivity contribution in [2.24, 2.45) is 0 Å². The molecule has 0 rings (SSSR count). The SMILES string of the molecule is CCCCCCCCCCCC[N+](CCO)(CCO)CCCC.[Cl-]. The predicted molar refractivity (Wildman–Crippen MR) is 101 cm³/mol. The summed E-state index contributed by atoms with van der Waals surface area (Å²) in [5, 5.41) is 18.8. The van der Waals surface area contributed by atoms with E-state index in [4.69, 9.17) is 0 Å². The van der Waals surface area contributed by atoms with Crippen LogP contribution in [0.25, 0.3) is 0 Å². The van der Waals surface area contributed by atoms with Crippen LogP contribution in [0.2, 0.25) is 0 Å². The molecule has 4 heteroatoms. The van der Waals surface area contributed by atoms with Crippen molar-refractivity contribution in [2.45, 2.75) is 90.9 Å². The molecule has 0 aromatic heterocycles. The zero-order valence-electron chi connectivity index (χ0n) is 16.4. The second kappa shape index (κ2) is 19.5. The molecular weight excluding hydrogens is 322 g/mol. The number of aliphatic hydroxyl groups is 2. The van der Waals surface area contributed by atoms with E-state index in [0.29, 0.717) is 0 Å². The normalized spacial score (nSPS) is 11.5. The Morgan fingerprint density at radius 3 is 1.29 bits per heavy atom. The number of hydrogen-bond acceptors (Lipinski definition) is 2. The molecule has 148 valence electrons. The van der Waals surface area contributed by atoms with Crippen LogP contribution in [-0.4, -0.2) is 54.1 Å². The molecule has 0 heterocycles. The van der Waals surface area contributed by atoms with Crippen LogP contribution >= 0.6 is 0 Å². The molecule has 0 atom stereocenters. The first-order valence-electron chi connectivity index (χ1n) is 10.3. The quantitative estimate of drug-likeness (QED) is 0.285. The zero-order valence-corrected chi connectivity index (χ0v) is 17.2. The van der Waals surface area contributed by atoms with Crippen molar-refractivity contribution in [3.63, 3.8) is 0 Å². The maximum Gasteiger partial charge on any atom is 0.102 e. The van der Waals surface area contributed by atoms with Gasteiger partial charge in [0.05, 0.1) is 26.3 Å². The van der Waals surface area contributed by atoms with E-state index in [0.717, 1.165) is 30.7 Å². The molecule has 0 aromatic rings. The lowest BCUT2D eigenvalue weighted by molar-refractivity contribution is -0.929. The van der Waals surface area contributed by atoms with Gasteiger partial charge in [-0.3, -0.25) is 0 Å². The van der Waals surface area contributed by atoms with Crippen LogP contribution in [0.3, 0.4) is 0 Å². The highest BCUT2D eigenvalue weighted by atomic mass is 35.5. The molecule has 0 aliphatic rings. The Morgan fingerprint density at radius 2 is 0.875 bits per heavy atom. The molecule has 0 saturated heterocycles. The van der Waals surface area contributed by atoms with Gasteiger partial charge in [0.15, 0.2) is 0 Å². The first kappa shape index (κ1) is 26.4. The van der Waals surface area contributed by atoms with Crippen LogP contribution < -0.4 is 12.4 Å². The summed E-state index contributed by atoms with van der Waals surface area (Å²) in [6.45, 7) is 8.80. The van der Waals surface area contributed by atoms with E-state index in [-0.39, 0.29) is 25.6 Å². The molecule has 2 N–H and O–H groups in total. The smallest absolute Gasteiger partial charge is 0.102 e. The van der Waals surface area contributed by atoms with Crippen LogP contribution in [0.5, 0.6) is 0 Å². The molecule has 0 bridgehead atoms. The van der Waals surface area contributed by atoms with Gasteiger partial charge >= 0.3 is 0 Å². The average Bonchev–Trinajstić information content (AvgIpc) is 2.55. The van der Waals surface area contributed by atoms with Gasteiger partial charge in [0, 0.05) is 0 Å². The summed E-state index contributed by atoms with van der Waals surface area (Å²) in [7, 11) is 0. The van der Waals surface area contributed by atoms with Gasteiger partial charge in [-0.25, -0.2) is 0 Å². The van der Waals surface area contributed by atoms with Crippen molar-refractivity contribution in [1.29, 1.82) is 0 Å². The lowest BCUT2D eigenvalue weighted by atomic mass is 10.1. The fourth-order valence-corrected chi connectivity index (χ4v) is 3.52. The summed E-state index contributed by atoms with van der Waals surface area (Å²) < 4.78 is 0.915. The average molecular weight is 366 g/mol. The van der Waals surface area contributed by atoms with Gasteiger partial charge < -0.3 is 27.1 Å². The van der Waals surface area contributed by atoms with Crippen LogP contribution in [0, 0.1) is 0 Å². The molecule has 24 heavy (non-hydrogen) atoms. The summed E-state index contributed by atoms with van der Waals surface area (Å²) in [6.07, 6.45) is 16.0. The van der Waals surface area contributed by atoms with Gasteiger partial charge in [-0.2, -0.15) is 0 Å². The lowest BCUT2D eigenvalue weighted by Crippen LogP contribution is -3.00. The maximum absolute atomic E-state index is 9.39. The molecule has 0 aliphatic heterocycles. The van der Waals surface area contributed by atoms with E-state index < -0.39 is 0 Å². The highest BCUT2D eigenvalue weighted by molar-refractivity contribution is 4.51. The highest BCUT2D eigenvalue weighted by Crippen LogP contribution is 2.15. The number of aliphatic hydroxyl groups excluding tert-OH is 2. The number of halogens is 1. The van der Waals surface area contributed by atoms with Crippen LogP contribution in [0.1, 0.15) is 90.9 Å². The number of hydrogen-bond donors (Lipinski definition) is 2. The lowest BCUT2D eigenvalue weighted by Gasteiger charge is -2.38. The van der Waals surface area contributed by atoms with Crippen molar-refractivity contribution >= 4 is 0 Å². The highest BCUT2D eigenvalue weighted by Gasteiger charge is 2.25. The van der Waals surface area contributed by atoms with Gasteiger partial charge in [-0.1, -0.05) is 71.6 Å². The molecule has 0 saturated carbocycles. The van der Waals surface area contributed by atoms with Crippen molar-refractivity contribution < 1.29 is 27.1 Å². The molecule has 0 fully saturated rings. The Hall–Kier alpha value is 0.170. The topological polar surface area (TPSA) is 40.5 Å². The maximum atomic E-state index is 9.39. The fourth-order valence-electron chi connectivity index (χ4n) is 3.52. The number of quaternary nitrogens is 1. The molecular formula is C20H44ClNO2. The van der Waals surface area contributed by atoms with E-state index in [1.807, 2.05) is 0 Å². The minimum absolute atomic E-state index is 0. The second-order valence-corrected chi connectivity index (χ2v) is 7.22. The summed E-state index contributed by atoms with van der Waals surface area (Å²) in [5.74, 6) is 0. The zero-order chi connectivity index (χ0) is 17.2. The van der Waals surface area contributed by atoms with Crippen molar-refractivity contribution in [1.82, 2.24) is 0 Å². The molecule has 0 aliphatic carbocycles. The first-order valence-corrected chi connectivity index (χ1v) is 10.3. The van der Waals surface area contributed by atoms with E-state index in [1.165, 1.54) is 77.0 Å². The third kappa shape index (κ3) is 14.5. The van der Waals surface area contributed by atoms with Crippen LogP contribution in [0.15, 0.2) is 0 Å². The number of unbranched alkanes of at least 4 members (excludes halogenated alkanes) is 10. The Kier molecular flexibility index (Phi) is 21.4. The molecule has 3 nitrogen and oxygen atoms in total. The minimum Gasteiger partial charge on any atom is -1.00 e. The summed E-state index contributed by atoms with van der Waals surface area (Å²) in [5.41, 5.74) is 0. The first-order chi connectivity index (χ1) is 11.2. The molecule has 0 radical (unpaired) electrons. The second-order valence-electron chi connectivity index (χ2n) is 7.22. The Bertz CT molecular complexity index is 234. The fraction of sp³-hybridized carbons (Fsp3) is 1.00. The van der Waals surface area contributed by atoms with Crippen LogP contribution in [0.4, 0.5) is 0 Å². The molecule has 0 aromatic carbocycles. The van der Waals surface area contributed by atoms with E-state index in [9.17, 15) is 10.2 Å². The van der Waals surface area contributed by atoms with Crippen LogP contribution in [-0.2, 0) is 0 Å². The van der Waals surface area contributed by atoms with Gasteiger partial charge in [0.1, 0.15) is 13.1 Å². The van der Waals surface area contributed by atoms with Gasteiger partial charge in [0.25, 0.3) is 0 Å². The summed E-state index contributed by atoms with van der Waals surface area (Å²) >= 11 is 0. The Morgan fingerprint density at radius 1 is 0.500 bits per heavy atom. The third-order valence-corrected chi connectivity index (χ3v) is 5.12. The van der Waals surface area contributed by atoms with Crippen molar-refractivity contribution in [3.8, 4) is 0 Å². The van der Waals surface area contributed by atoms with E-state index >= 15 is 0 Å². The van der Waals surface area contributed by atoms with Crippen molar-refractivity contribution in [3.05, 3.63) is 0 Å². The molecule has 0 spiro atoms. The van der Waals surface area contributed by atoms with Crippen molar-refractivity contribution in [2.75, 3.05) is 39.4 Å². The van der Waals surface area contributed by atoms with E-state index in [2.05, 4.69) is 13.8 Å². The number of rotatable bonds is 18. The minimum atomic E-state index is 0. The van der Waals surface area contributed by atoms with Gasteiger partial charge in [0.2, 0.25) is 0 Å². The third-order valence-electron chi connectivity index (χ3n) is 5.12. The van der Waals surface area contributed by atoms with Gasteiger partial charge in [-0.15, -0.1) is 0 Å². The summed E-state index contributed by atoms with van der Waals surface area (Å²) in [4.78, 5) is 0. The predicted octanol–water partition coefficient (Wildman–Crippen LogP) is 1.51. The Balaban J connectivity index is 0. The van der Waals surface area contributed by atoms with E-state index in [1.54, 1.807) is 0 Å².